The Kier molecular flexibility index (Phi) is 8.32. The van der Waals surface area contributed by atoms with Crippen molar-refractivity contribution in [2.75, 3.05) is 50.1 Å². The number of piperidine rings is 1. The number of ether oxygens (including phenoxy) is 4. The number of anilines is 2. The average molecular weight is 578 g/mol. The molecule has 0 aliphatic carbocycles. The monoisotopic (exact) mass is 577 g/mol. The molecule has 0 radical (unpaired) electrons. The summed E-state index contributed by atoms with van der Waals surface area (Å²) in [7, 11) is -1.04. The van der Waals surface area contributed by atoms with Gasteiger partial charge >= 0.3 is 0 Å². The largest absolute Gasteiger partial charge is 0.494 e. The number of para-hydroxylation sites is 1. The maximum absolute atomic E-state index is 13.9. The molecule has 0 bridgehead atoms. The fraction of sp³-hybridized carbons (Fsp3) is 0.520. The number of nitrogens with zero attached hydrogens (tertiary/aromatic N) is 6. The molecule has 40 heavy (non-hydrogen) atoms. The smallest absolute Gasteiger partial charge is 0.243 e. The molecule has 0 amide bonds. The molecule has 2 aliphatic heterocycles. The second-order valence-corrected chi connectivity index (χ2v) is 11.4. The van der Waals surface area contributed by atoms with Gasteiger partial charge in [-0.3, -0.25) is 9.29 Å². The summed E-state index contributed by atoms with van der Waals surface area (Å²) in [6.07, 6.45) is 3.06. The number of sulfonamides is 1. The van der Waals surface area contributed by atoms with Gasteiger partial charge in [0.25, 0.3) is 0 Å². The van der Waals surface area contributed by atoms with Crippen LogP contribution in [0.4, 0.5) is 16.3 Å². The fourth-order valence-corrected chi connectivity index (χ4v) is 6.45. The van der Waals surface area contributed by atoms with Gasteiger partial charge in [-0.1, -0.05) is 6.07 Å². The van der Waals surface area contributed by atoms with Crippen molar-refractivity contribution in [1.82, 2.24) is 24.7 Å². The van der Waals surface area contributed by atoms with E-state index in [4.69, 9.17) is 18.9 Å². The lowest BCUT2D eigenvalue weighted by Gasteiger charge is -2.37. The van der Waals surface area contributed by atoms with Gasteiger partial charge in [0.1, 0.15) is 28.5 Å². The number of rotatable bonds is 10. The molecule has 13 nitrogen and oxygen atoms in total. The number of nitrogens with one attached hydrogen (secondary N) is 1. The second kappa shape index (κ2) is 11.9. The molecule has 3 aromatic rings. The van der Waals surface area contributed by atoms with Crippen molar-refractivity contribution in [3.8, 4) is 17.2 Å². The minimum Gasteiger partial charge on any atom is -0.494 e. The van der Waals surface area contributed by atoms with Crippen LogP contribution < -0.4 is 19.1 Å². The summed E-state index contributed by atoms with van der Waals surface area (Å²) in [5.74, 6) is 0.904. The van der Waals surface area contributed by atoms with Crippen LogP contribution in [-0.4, -0.2) is 85.0 Å². The Hall–Kier alpha value is -3.56. The van der Waals surface area contributed by atoms with Crippen LogP contribution in [0.15, 0.2) is 30.6 Å². The molecule has 2 aliphatic rings. The Morgan fingerprint density at radius 2 is 1.85 bits per heavy atom. The van der Waals surface area contributed by atoms with E-state index in [-0.39, 0.29) is 31.0 Å². The maximum atomic E-state index is 13.9. The summed E-state index contributed by atoms with van der Waals surface area (Å²) in [6, 6.07) is 5.25. The molecule has 3 atom stereocenters. The first-order valence-electron chi connectivity index (χ1n) is 13.0. The number of benzene rings is 1. The predicted molar refractivity (Wildman–Crippen MR) is 143 cm³/mol. The van der Waals surface area contributed by atoms with E-state index >= 15 is 0 Å². The van der Waals surface area contributed by atoms with E-state index in [0.29, 0.717) is 49.2 Å². The molecule has 0 spiro atoms. The third kappa shape index (κ3) is 5.67. The highest BCUT2D eigenvalue weighted by molar-refractivity contribution is 7.93. The van der Waals surface area contributed by atoms with E-state index in [1.165, 1.54) is 14.2 Å². The average Bonchev–Trinajstić information content (AvgIpc) is 3.63. The van der Waals surface area contributed by atoms with Crippen LogP contribution in [0.3, 0.4) is 0 Å². The molecule has 4 heterocycles. The summed E-state index contributed by atoms with van der Waals surface area (Å²) in [4.78, 5) is 9.75. The van der Waals surface area contributed by atoms with Gasteiger partial charge in [-0.25, -0.2) is 22.8 Å². The zero-order valence-corrected chi connectivity index (χ0v) is 23.3. The molecule has 1 aromatic carbocycles. The van der Waals surface area contributed by atoms with E-state index in [2.05, 4.69) is 24.9 Å². The molecule has 5 rings (SSSR count). The lowest BCUT2D eigenvalue weighted by atomic mass is 10.1. The van der Waals surface area contributed by atoms with Gasteiger partial charge in [-0.05, 0) is 38.3 Å². The van der Waals surface area contributed by atoms with Crippen LogP contribution in [0.2, 0.25) is 0 Å². The lowest BCUT2D eigenvalue weighted by Crippen LogP contribution is -2.51. The van der Waals surface area contributed by atoms with Crippen molar-refractivity contribution < 1.29 is 31.8 Å². The third-order valence-electron chi connectivity index (χ3n) is 6.87. The third-order valence-corrected chi connectivity index (χ3v) is 8.56. The fourth-order valence-electron chi connectivity index (χ4n) is 5.06. The zero-order valence-electron chi connectivity index (χ0n) is 22.5. The van der Waals surface area contributed by atoms with Gasteiger partial charge in [0.05, 0.1) is 32.7 Å². The highest BCUT2D eigenvalue weighted by Crippen LogP contribution is 2.39. The maximum Gasteiger partial charge on any atom is 0.243 e. The van der Waals surface area contributed by atoms with E-state index < -0.39 is 27.2 Å². The molecule has 0 saturated carbocycles. The summed E-state index contributed by atoms with van der Waals surface area (Å²) in [5.41, 5.74) is 0.442. The van der Waals surface area contributed by atoms with Gasteiger partial charge < -0.3 is 23.8 Å². The van der Waals surface area contributed by atoms with Crippen molar-refractivity contribution in [2.45, 2.75) is 43.6 Å². The number of hydrogen-bond donors (Lipinski definition) is 1. The standard InChI is InChI=1S/C25H32FN7O6S/c1-4-38-17-11-18(15-32(14-17)24-27-12-16(26)13-28-24)40(34,35)31-25-30-29-23(21-9-6-10-39-21)33(25)22-19(36-2)7-5-8-20(22)37-3/h5,7-8,12-13,17-18,21H,4,6,9-11,14-15H2,1-3H3,(H,30,31)/t17-,18+,21?/m1/s1. The van der Waals surface area contributed by atoms with Crippen molar-refractivity contribution in [1.29, 1.82) is 0 Å². The quantitative estimate of drug-likeness (QED) is 0.380. The van der Waals surface area contributed by atoms with Gasteiger partial charge in [0, 0.05) is 26.3 Å². The Balaban J connectivity index is 1.52. The second-order valence-electron chi connectivity index (χ2n) is 9.42. The first-order valence-corrected chi connectivity index (χ1v) is 14.5. The van der Waals surface area contributed by atoms with E-state index in [0.717, 1.165) is 18.8 Å². The van der Waals surface area contributed by atoms with Crippen LogP contribution in [0.1, 0.15) is 38.1 Å². The molecular formula is C25H32FN7O6S. The van der Waals surface area contributed by atoms with E-state index in [9.17, 15) is 12.8 Å². The van der Waals surface area contributed by atoms with Gasteiger partial charge in [0.2, 0.25) is 21.9 Å². The first-order chi connectivity index (χ1) is 19.3. The SMILES string of the molecule is CCO[C@@H]1C[C@H](S(=O)(=O)Nc2nnc(C3CCCO3)n2-c2c(OC)cccc2OC)CN(c2ncc(F)cn2)C1. The highest BCUT2D eigenvalue weighted by atomic mass is 32.2. The van der Waals surface area contributed by atoms with Crippen LogP contribution in [0, 0.1) is 5.82 Å². The molecular weight excluding hydrogens is 545 g/mol. The molecule has 2 saturated heterocycles. The van der Waals surface area contributed by atoms with E-state index in [1.54, 1.807) is 27.7 Å². The van der Waals surface area contributed by atoms with Crippen LogP contribution in [0.25, 0.3) is 5.69 Å². The molecule has 1 N–H and O–H groups in total. The highest BCUT2D eigenvalue weighted by Gasteiger charge is 2.39. The Morgan fingerprint density at radius 1 is 1.12 bits per heavy atom. The summed E-state index contributed by atoms with van der Waals surface area (Å²) in [6.45, 7) is 3.23. The molecule has 216 valence electrons. The Morgan fingerprint density at radius 3 is 2.48 bits per heavy atom. The van der Waals surface area contributed by atoms with E-state index in [1.807, 2.05) is 6.92 Å². The normalized spacial score (nSPS) is 21.4. The summed E-state index contributed by atoms with van der Waals surface area (Å²) >= 11 is 0. The van der Waals surface area contributed by atoms with Gasteiger partial charge in [0.15, 0.2) is 11.6 Å². The van der Waals surface area contributed by atoms with Gasteiger partial charge in [-0.2, -0.15) is 0 Å². The Labute approximate surface area is 231 Å². The first kappa shape index (κ1) is 28.0. The van der Waals surface area contributed by atoms with Crippen molar-refractivity contribution in [2.24, 2.45) is 0 Å². The Bertz CT molecular complexity index is 1390. The number of hydrogen-bond acceptors (Lipinski definition) is 11. The summed E-state index contributed by atoms with van der Waals surface area (Å²) in [5, 5.41) is 7.63. The van der Waals surface area contributed by atoms with Gasteiger partial charge in [-0.15, -0.1) is 10.2 Å². The van der Waals surface area contributed by atoms with Crippen LogP contribution >= 0.6 is 0 Å². The molecule has 1 unspecified atom stereocenters. The predicted octanol–water partition coefficient (Wildman–Crippen LogP) is 2.49. The molecule has 15 heteroatoms. The summed E-state index contributed by atoms with van der Waals surface area (Å²) < 4.78 is 68.4. The minimum absolute atomic E-state index is 0.0311. The topological polar surface area (TPSA) is 143 Å². The van der Waals surface area contributed by atoms with Crippen LogP contribution in [-0.2, 0) is 19.5 Å². The number of methoxy groups -OCH3 is 2. The molecule has 2 aromatic heterocycles. The molecule has 2 fully saturated rings. The van der Waals surface area contributed by atoms with Crippen molar-refractivity contribution in [3.63, 3.8) is 0 Å². The van der Waals surface area contributed by atoms with Crippen LogP contribution in [0.5, 0.6) is 11.5 Å². The zero-order chi connectivity index (χ0) is 28.3. The lowest BCUT2D eigenvalue weighted by molar-refractivity contribution is 0.0531. The number of aromatic nitrogens is 5. The van der Waals surface area contributed by atoms with Crippen molar-refractivity contribution >= 4 is 21.9 Å². The van der Waals surface area contributed by atoms with Crippen molar-refractivity contribution in [3.05, 3.63) is 42.2 Å². The number of halogens is 1. The minimum atomic E-state index is -4.06.